The molecule has 98 valence electrons. The van der Waals surface area contributed by atoms with Crippen LogP contribution in [0.1, 0.15) is 40.5 Å². The smallest absolute Gasteiger partial charge is 0.121 e. The molecule has 3 atom stereocenters. The van der Waals surface area contributed by atoms with Crippen LogP contribution in [-0.2, 0) is 4.74 Å². The van der Waals surface area contributed by atoms with Crippen molar-refractivity contribution < 1.29 is 9.84 Å². The van der Waals surface area contributed by atoms with E-state index in [0.717, 1.165) is 12.0 Å². The topological polar surface area (TPSA) is 56.5 Å². The Kier molecular flexibility index (Phi) is 2.92. The highest BCUT2D eigenvalue weighted by atomic mass is 16.6. The molecule has 0 bridgehead atoms. The minimum atomic E-state index is -0.302. The maximum Gasteiger partial charge on any atom is 0.121 e. The number of aliphatic hydroxyl groups excluding tert-OH is 1. The lowest BCUT2D eigenvalue weighted by Gasteiger charge is -2.39. The van der Waals surface area contributed by atoms with Gasteiger partial charge in [0.05, 0.1) is 12.2 Å². The Morgan fingerprint density at radius 1 is 1.39 bits per heavy atom. The number of epoxide rings is 1. The maximum atomic E-state index is 9.92. The number of aliphatic hydroxyl groups is 1. The summed E-state index contributed by atoms with van der Waals surface area (Å²) in [6.45, 7) is 8.23. The molecule has 1 saturated heterocycles. The Morgan fingerprint density at radius 2 is 2.06 bits per heavy atom. The third-order valence-electron chi connectivity index (χ3n) is 4.38. The van der Waals surface area contributed by atoms with E-state index < -0.39 is 0 Å². The second-order valence-corrected chi connectivity index (χ2v) is 6.37. The molecule has 0 amide bonds. The van der Waals surface area contributed by atoms with Crippen molar-refractivity contribution in [2.24, 2.45) is 5.41 Å². The average Bonchev–Trinajstić information content (AvgIpc) is 2.82. The van der Waals surface area contributed by atoms with Crippen molar-refractivity contribution in [1.29, 1.82) is 5.26 Å². The van der Waals surface area contributed by atoms with Crippen molar-refractivity contribution in [3.63, 3.8) is 0 Å². The molecule has 3 nitrogen and oxygen atoms in total. The number of nitrogens with zero attached hydrogens (tertiary/aromatic N) is 1. The van der Waals surface area contributed by atoms with Gasteiger partial charge in [0.1, 0.15) is 11.2 Å². The van der Waals surface area contributed by atoms with Gasteiger partial charge < -0.3 is 9.84 Å². The van der Waals surface area contributed by atoms with Crippen LogP contribution < -0.4 is 0 Å². The van der Waals surface area contributed by atoms with E-state index >= 15 is 0 Å². The van der Waals surface area contributed by atoms with Gasteiger partial charge in [0.15, 0.2) is 0 Å². The fourth-order valence-electron chi connectivity index (χ4n) is 3.47. The molecule has 1 N–H and O–H groups in total. The lowest BCUT2D eigenvalue weighted by Crippen LogP contribution is -2.46. The van der Waals surface area contributed by atoms with E-state index in [1.165, 1.54) is 6.08 Å². The molecule has 3 heteroatoms. The van der Waals surface area contributed by atoms with Crippen LogP contribution in [0.2, 0.25) is 0 Å². The molecule has 1 heterocycles. The predicted octanol–water partition coefficient (Wildman–Crippen LogP) is 2.72. The summed E-state index contributed by atoms with van der Waals surface area (Å²) in [5.41, 5.74) is 0.260. The molecular formula is C15H21NO2. The van der Waals surface area contributed by atoms with E-state index in [4.69, 9.17) is 10.00 Å². The minimum Gasteiger partial charge on any atom is -0.393 e. The van der Waals surface area contributed by atoms with Crippen LogP contribution in [0.25, 0.3) is 0 Å². The van der Waals surface area contributed by atoms with Crippen LogP contribution in [-0.4, -0.2) is 22.4 Å². The number of hydrogen-bond donors (Lipinski definition) is 1. The molecular weight excluding hydrogens is 226 g/mol. The van der Waals surface area contributed by atoms with Crippen LogP contribution in [0.5, 0.6) is 0 Å². The molecule has 0 spiro atoms. The second-order valence-electron chi connectivity index (χ2n) is 6.37. The molecule has 0 aromatic heterocycles. The molecule has 1 saturated carbocycles. The summed E-state index contributed by atoms with van der Waals surface area (Å²) < 4.78 is 6.01. The van der Waals surface area contributed by atoms with E-state index in [0.29, 0.717) is 6.42 Å². The van der Waals surface area contributed by atoms with Crippen LogP contribution in [0, 0.1) is 16.7 Å². The van der Waals surface area contributed by atoms with E-state index in [9.17, 15) is 5.11 Å². The molecule has 0 aromatic rings. The van der Waals surface area contributed by atoms with Crippen LogP contribution in [0.4, 0.5) is 0 Å². The molecule has 2 rings (SSSR count). The summed E-state index contributed by atoms with van der Waals surface area (Å²) in [6, 6.07) is 2.02. The van der Waals surface area contributed by atoms with Crippen molar-refractivity contribution in [2.75, 3.05) is 0 Å². The van der Waals surface area contributed by atoms with E-state index in [2.05, 4.69) is 26.8 Å². The number of hydrogen-bond acceptors (Lipinski definition) is 3. The predicted molar refractivity (Wildman–Crippen MR) is 69.8 cm³/mol. The highest BCUT2D eigenvalue weighted by Crippen LogP contribution is 2.66. The van der Waals surface area contributed by atoms with E-state index in [-0.39, 0.29) is 22.7 Å². The minimum absolute atomic E-state index is 0.0944. The largest absolute Gasteiger partial charge is 0.393 e. The molecule has 0 unspecified atom stereocenters. The highest BCUT2D eigenvalue weighted by molar-refractivity contribution is 5.35. The van der Waals surface area contributed by atoms with Crippen LogP contribution in [0.3, 0.4) is 0 Å². The van der Waals surface area contributed by atoms with Crippen molar-refractivity contribution in [2.45, 2.75) is 57.8 Å². The Balaban J connectivity index is 2.27. The highest BCUT2D eigenvalue weighted by Gasteiger charge is 2.74. The molecule has 0 radical (unpaired) electrons. The standard InChI is InChI=1S/C15H21NO2/c1-11(6-8-16)5-7-15-13(2,3)9-12(17)10-14(15,4)18-15/h5-7,12,17H,9-10H2,1-4H3/b7-5+,11-6+/t12-,14+,15-/m0/s1. The molecule has 18 heavy (non-hydrogen) atoms. The third-order valence-corrected chi connectivity index (χ3v) is 4.38. The van der Waals surface area contributed by atoms with Crippen LogP contribution in [0.15, 0.2) is 23.8 Å². The fourth-order valence-corrected chi connectivity index (χ4v) is 3.47. The first kappa shape index (κ1) is 13.3. The zero-order chi connectivity index (χ0) is 13.6. The summed E-state index contributed by atoms with van der Waals surface area (Å²) in [5, 5.41) is 18.5. The van der Waals surface area contributed by atoms with Gasteiger partial charge in [-0.25, -0.2) is 0 Å². The van der Waals surface area contributed by atoms with Crippen LogP contribution >= 0.6 is 0 Å². The second kappa shape index (κ2) is 3.94. The van der Waals surface area contributed by atoms with Crippen molar-refractivity contribution >= 4 is 0 Å². The molecule has 2 aliphatic rings. The number of allylic oxidation sites excluding steroid dienone is 3. The van der Waals surface area contributed by atoms with Gasteiger partial charge in [0.2, 0.25) is 0 Å². The Labute approximate surface area is 109 Å². The number of fused-ring (bicyclic) bond motifs is 1. The van der Waals surface area contributed by atoms with Gasteiger partial charge in [-0.3, -0.25) is 0 Å². The van der Waals surface area contributed by atoms with Gasteiger partial charge in [-0.15, -0.1) is 0 Å². The Bertz CT molecular complexity index is 458. The SMILES string of the molecule is CC(/C=C/[C@@]12O[C@]1(C)C[C@@H](O)CC2(C)C)=C\C#N. The first-order valence-corrected chi connectivity index (χ1v) is 6.40. The monoisotopic (exact) mass is 247 g/mol. The molecule has 1 aliphatic heterocycles. The Morgan fingerprint density at radius 3 is 2.61 bits per heavy atom. The van der Waals surface area contributed by atoms with Gasteiger partial charge in [-0.05, 0) is 31.9 Å². The van der Waals surface area contributed by atoms with Crippen molar-refractivity contribution in [3.8, 4) is 6.07 Å². The first-order chi connectivity index (χ1) is 8.26. The quantitative estimate of drug-likeness (QED) is 0.463. The van der Waals surface area contributed by atoms with Gasteiger partial charge in [0, 0.05) is 17.9 Å². The van der Waals surface area contributed by atoms with Crippen molar-refractivity contribution in [1.82, 2.24) is 0 Å². The lowest BCUT2D eigenvalue weighted by atomic mass is 9.63. The summed E-state index contributed by atoms with van der Waals surface area (Å²) in [5.74, 6) is 0. The summed E-state index contributed by atoms with van der Waals surface area (Å²) in [4.78, 5) is 0. The summed E-state index contributed by atoms with van der Waals surface area (Å²) in [6.07, 6.45) is 6.69. The lowest BCUT2D eigenvalue weighted by molar-refractivity contribution is 0.0515. The summed E-state index contributed by atoms with van der Waals surface area (Å²) in [7, 11) is 0. The fraction of sp³-hybridized carbons (Fsp3) is 0.667. The van der Waals surface area contributed by atoms with Gasteiger partial charge in [0.25, 0.3) is 0 Å². The van der Waals surface area contributed by atoms with Gasteiger partial charge in [-0.1, -0.05) is 19.9 Å². The third kappa shape index (κ3) is 1.81. The van der Waals surface area contributed by atoms with E-state index in [1.54, 1.807) is 0 Å². The van der Waals surface area contributed by atoms with Gasteiger partial charge >= 0.3 is 0 Å². The Hall–Kier alpha value is -1.11. The zero-order valence-electron chi connectivity index (χ0n) is 11.5. The van der Waals surface area contributed by atoms with Gasteiger partial charge in [-0.2, -0.15) is 5.26 Å². The van der Waals surface area contributed by atoms with E-state index in [1.807, 2.05) is 19.1 Å². The molecule has 0 aromatic carbocycles. The number of rotatable bonds is 2. The first-order valence-electron chi connectivity index (χ1n) is 6.40. The number of nitriles is 1. The normalized spacial score (nSPS) is 42.4. The molecule has 2 fully saturated rings. The maximum absolute atomic E-state index is 9.92. The van der Waals surface area contributed by atoms with Crippen molar-refractivity contribution in [3.05, 3.63) is 23.8 Å². The average molecular weight is 247 g/mol. The zero-order valence-corrected chi connectivity index (χ0v) is 11.5. The number of ether oxygens (including phenoxy) is 1. The summed E-state index contributed by atoms with van der Waals surface area (Å²) >= 11 is 0. The molecule has 1 aliphatic carbocycles.